The summed E-state index contributed by atoms with van der Waals surface area (Å²) in [7, 11) is 2.07. The fourth-order valence-electron chi connectivity index (χ4n) is 3.03. The molecule has 0 bridgehead atoms. The largest absolute Gasteiger partial charge is 0.320 e. The molecule has 2 rings (SSSR count). The Kier molecular flexibility index (Phi) is 2.40. The third-order valence-electron chi connectivity index (χ3n) is 3.95. The molecule has 1 heteroatoms. The molecule has 1 spiro atoms. The number of rotatable bonds is 3. The van der Waals surface area contributed by atoms with E-state index in [1.807, 2.05) is 0 Å². The van der Waals surface area contributed by atoms with Crippen LogP contribution in [-0.2, 0) is 0 Å². The highest BCUT2D eigenvalue weighted by atomic mass is 14.8. The van der Waals surface area contributed by atoms with Crippen LogP contribution in [0.2, 0.25) is 0 Å². The van der Waals surface area contributed by atoms with E-state index in [0.29, 0.717) is 0 Å². The summed E-state index contributed by atoms with van der Waals surface area (Å²) < 4.78 is 0. The minimum atomic E-state index is 0.856. The maximum atomic E-state index is 3.26. The Hall–Kier alpha value is -0.0400. The zero-order valence-corrected chi connectivity index (χ0v) is 8.23. The predicted octanol–water partition coefficient (Wildman–Crippen LogP) is 2.57. The van der Waals surface area contributed by atoms with Gasteiger partial charge in [-0.3, -0.25) is 0 Å². The van der Waals surface area contributed by atoms with Gasteiger partial charge in [-0.15, -0.1) is 0 Å². The average molecular weight is 167 g/mol. The molecular weight excluding hydrogens is 146 g/mol. The third kappa shape index (κ3) is 1.52. The topological polar surface area (TPSA) is 12.0 Å². The van der Waals surface area contributed by atoms with E-state index in [4.69, 9.17) is 0 Å². The van der Waals surface area contributed by atoms with E-state index in [0.717, 1.165) is 11.3 Å². The summed E-state index contributed by atoms with van der Waals surface area (Å²) in [5.74, 6) is 1.09. The van der Waals surface area contributed by atoms with Crippen molar-refractivity contribution >= 4 is 0 Å². The molecule has 12 heavy (non-hydrogen) atoms. The monoisotopic (exact) mass is 167 g/mol. The van der Waals surface area contributed by atoms with Gasteiger partial charge >= 0.3 is 0 Å². The molecule has 0 heterocycles. The first-order valence-corrected chi connectivity index (χ1v) is 5.52. The summed E-state index contributed by atoms with van der Waals surface area (Å²) in [6.07, 6.45) is 10.6. The van der Waals surface area contributed by atoms with Gasteiger partial charge in [0.1, 0.15) is 0 Å². The third-order valence-corrected chi connectivity index (χ3v) is 3.95. The maximum Gasteiger partial charge on any atom is -0.00491 e. The van der Waals surface area contributed by atoms with Crippen molar-refractivity contribution < 1.29 is 0 Å². The summed E-state index contributed by atoms with van der Waals surface area (Å²) in [6, 6.07) is 0. The highest BCUT2D eigenvalue weighted by Gasteiger charge is 2.52. The number of hydrogen-bond acceptors (Lipinski definition) is 1. The molecule has 2 aliphatic carbocycles. The van der Waals surface area contributed by atoms with Gasteiger partial charge in [0, 0.05) is 0 Å². The minimum Gasteiger partial charge on any atom is -0.320 e. The highest BCUT2D eigenvalue weighted by Crippen LogP contribution is 2.62. The van der Waals surface area contributed by atoms with Crippen molar-refractivity contribution in [2.75, 3.05) is 13.6 Å². The summed E-state index contributed by atoms with van der Waals surface area (Å²) in [6.45, 7) is 1.23. The molecule has 70 valence electrons. The minimum absolute atomic E-state index is 0.856. The van der Waals surface area contributed by atoms with E-state index in [1.165, 1.54) is 32.2 Å². The van der Waals surface area contributed by atoms with Crippen molar-refractivity contribution in [1.82, 2.24) is 5.32 Å². The van der Waals surface area contributed by atoms with Gasteiger partial charge in [0.05, 0.1) is 0 Å². The van der Waals surface area contributed by atoms with Crippen LogP contribution >= 0.6 is 0 Å². The SMILES string of the molecule is CNCCC1CC12CCCCC2. The van der Waals surface area contributed by atoms with Crippen LogP contribution in [0.4, 0.5) is 0 Å². The van der Waals surface area contributed by atoms with Crippen LogP contribution in [0.1, 0.15) is 44.9 Å². The van der Waals surface area contributed by atoms with Crippen molar-refractivity contribution in [2.24, 2.45) is 11.3 Å². The molecule has 1 atom stereocenters. The molecular formula is C11H21N. The first-order chi connectivity index (χ1) is 5.87. The molecule has 2 saturated carbocycles. The Morgan fingerprint density at radius 2 is 2.00 bits per heavy atom. The molecule has 0 radical (unpaired) electrons. The Balaban J connectivity index is 1.75. The van der Waals surface area contributed by atoms with Gasteiger partial charge in [-0.05, 0) is 50.6 Å². The van der Waals surface area contributed by atoms with Crippen LogP contribution in [0.25, 0.3) is 0 Å². The zero-order valence-electron chi connectivity index (χ0n) is 8.23. The smallest absolute Gasteiger partial charge is 0.00491 e. The van der Waals surface area contributed by atoms with Crippen LogP contribution in [0.15, 0.2) is 0 Å². The fourth-order valence-corrected chi connectivity index (χ4v) is 3.03. The number of hydrogen-bond donors (Lipinski definition) is 1. The first kappa shape index (κ1) is 8.55. The van der Waals surface area contributed by atoms with Crippen molar-refractivity contribution in [3.8, 4) is 0 Å². The molecule has 2 fully saturated rings. The molecule has 1 unspecified atom stereocenters. The lowest BCUT2D eigenvalue weighted by molar-refractivity contribution is 0.302. The first-order valence-electron chi connectivity index (χ1n) is 5.52. The van der Waals surface area contributed by atoms with E-state index in [1.54, 1.807) is 19.3 Å². The molecule has 0 saturated heterocycles. The lowest BCUT2D eigenvalue weighted by atomic mass is 9.84. The van der Waals surface area contributed by atoms with Crippen LogP contribution < -0.4 is 5.32 Å². The molecule has 0 amide bonds. The van der Waals surface area contributed by atoms with E-state index in [9.17, 15) is 0 Å². The average Bonchev–Trinajstić information content (AvgIpc) is 2.77. The van der Waals surface area contributed by atoms with Gasteiger partial charge in [0.25, 0.3) is 0 Å². The van der Waals surface area contributed by atoms with Gasteiger partial charge < -0.3 is 5.32 Å². The van der Waals surface area contributed by atoms with E-state index in [2.05, 4.69) is 12.4 Å². The summed E-state index contributed by atoms with van der Waals surface area (Å²) in [5, 5.41) is 3.26. The van der Waals surface area contributed by atoms with Crippen LogP contribution in [0.3, 0.4) is 0 Å². The summed E-state index contributed by atoms with van der Waals surface area (Å²) in [5.41, 5.74) is 0.856. The van der Waals surface area contributed by atoms with E-state index < -0.39 is 0 Å². The molecule has 0 aromatic heterocycles. The second-order valence-corrected chi connectivity index (χ2v) is 4.72. The molecule has 1 nitrogen and oxygen atoms in total. The Morgan fingerprint density at radius 3 is 2.67 bits per heavy atom. The fraction of sp³-hybridized carbons (Fsp3) is 1.00. The van der Waals surface area contributed by atoms with Gasteiger partial charge in [-0.1, -0.05) is 19.3 Å². The predicted molar refractivity (Wildman–Crippen MR) is 52.2 cm³/mol. The lowest BCUT2D eigenvalue weighted by Crippen LogP contribution is -2.13. The quantitative estimate of drug-likeness (QED) is 0.681. The number of nitrogens with one attached hydrogen (secondary N) is 1. The van der Waals surface area contributed by atoms with Gasteiger partial charge in [0.2, 0.25) is 0 Å². The van der Waals surface area contributed by atoms with Crippen molar-refractivity contribution in [3.05, 3.63) is 0 Å². The second kappa shape index (κ2) is 3.37. The molecule has 0 aromatic carbocycles. The van der Waals surface area contributed by atoms with Crippen molar-refractivity contribution in [1.29, 1.82) is 0 Å². The summed E-state index contributed by atoms with van der Waals surface area (Å²) in [4.78, 5) is 0. The van der Waals surface area contributed by atoms with Crippen molar-refractivity contribution in [3.63, 3.8) is 0 Å². The van der Waals surface area contributed by atoms with Crippen LogP contribution in [0, 0.1) is 11.3 Å². The van der Waals surface area contributed by atoms with Gasteiger partial charge in [-0.25, -0.2) is 0 Å². The van der Waals surface area contributed by atoms with Crippen molar-refractivity contribution in [2.45, 2.75) is 44.9 Å². The molecule has 0 aliphatic heterocycles. The normalized spacial score (nSPS) is 32.2. The molecule has 0 aromatic rings. The Morgan fingerprint density at radius 1 is 1.25 bits per heavy atom. The second-order valence-electron chi connectivity index (χ2n) is 4.72. The highest BCUT2D eigenvalue weighted by molar-refractivity contribution is 5.03. The standard InChI is InChI=1S/C11H21N/c1-12-8-5-10-9-11(10)6-3-2-4-7-11/h10,12H,2-9H2,1H3. The zero-order chi connectivity index (χ0) is 8.44. The van der Waals surface area contributed by atoms with Gasteiger partial charge in [0.15, 0.2) is 0 Å². The van der Waals surface area contributed by atoms with E-state index in [-0.39, 0.29) is 0 Å². The van der Waals surface area contributed by atoms with E-state index >= 15 is 0 Å². The maximum absolute atomic E-state index is 3.26. The molecule has 1 N–H and O–H groups in total. The van der Waals surface area contributed by atoms with Gasteiger partial charge in [-0.2, -0.15) is 0 Å². The van der Waals surface area contributed by atoms with Crippen LogP contribution in [0.5, 0.6) is 0 Å². The summed E-state index contributed by atoms with van der Waals surface area (Å²) >= 11 is 0. The Bertz CT molecular complexity index is 145. The lowest BCUT2D eigenvalue weighted by Gasteiger charge is -2.22. The van der Waals surface area contributed by atoms with Crippen LogP contribution in [-0.4, -0.2) is 13.6 Å². The molecule has 2 aliphatic rings. The Labute approximate surface area is 75.9 Å².